The third-order valence-corrected chi connectivity index (χ3v) is 4.35. The number of anilines is 1. The van der Waals surface area contributed by atoms with Gasteiger partial charge in [0.2, 0.25) is 5.88 Å². The summed E-state index contributed by atoms with van der Waals surface area (Å²) in [5, 5.41) is 3.26. The minimum Gasteiger partial charge on any atom is -0.475 e. The van der Waals surface area contributed by atoms with Crippen LogP contribution in [0, 0.1) is 0 Å². The predicted molar refractivity (Wildman–Crippen MR) is 84.3 cm³/mol. The molecule has 6 heteroatoms. The lowest BCUT2D eigenvalue weighted by Gasteiger charge is -2.32. The van der Waals surface area contributed by atoms with Crippen LogP contribution >= 0.6 is 15.9 Å². The summed E-state index contributed by atoms with van der Waals surface area (Å²) in [7, 11) is 2.16. The Bertz CT molecular complexity index is 430. The van der Waals surface area contributed by atoms with E-state index in [0.717, 1.165) is 29.8 Å². The average Bonchev–Trinajstić information content (AvgIpc) is 2.46. The van der Waals surface area contributed by atoms with Crippen molar-refractivity contribution < 1.29 is 4.74 Å². The van der Waals surface area contributed by atoms with Crippen molar-refractivity contribution in [2.75, 3.05) is 32.1 Å². The number of hydrogen-bond acceptors (Lipinski definition) is 5. The minimum atomic E-state index is 0.484. The lowest BCUT2D eigenvalue weighted by molar-refractivity contribution is 0.122. The molecule has 0 bridgehead atoms. The first-order valence-electron chi connectivity index (χ1n) is 7.29. The SMILES string of the molecule is CCCNc1ncnc(OCC2CCCCN2C)c1Br. The monoisotopic (exact) mass is 342 g/mol. The Morgan fingerprint density at radius 1 is 1.45 bits per heavy atom. The van der Waals surface area contributed by atoms with Crippen molar-refractivity contribution in [3.63, 3.8) is 0 Å². The van der Waals surface area contributed by atoms with E-state index in [-0.39, 0.29) is 0 Å². The van der Waals surface area contributed by atoms with Gasteiger partial charge in [-0.2, -0.15) is 0 Å². The van der Waals surface area contributed by atoms with Crippen molar-refractivity contribution in [3.05, 3.63) is 10.8 Å². The zero-order valence-corrected chi connectivity index (χ0v) is 13.8. The van der Waals surface area contributed by atoms with Gasteiger partial charge in [0.1, 0.15) is 23.2 Å². The highest BCUT2D eigenvalue weighted by Gasteiger charge is 2.20. The summed E-state index contributed by atoms with van der Waals surface area (Å²) in [5.74, 6) is 1.42. The van der Waals surface area contributed by atoms with Crippen LogP contribution in [-0.4, -0.2) is 47.7 Å². The second-order valence-corrected chi connectivity index (χ2v) is 6.00. The fourth-order valence-corrected chi connectivity index (χ4v) is 2.81. The highest BCUT2D eigenvalue weighted by Crippen LogP contribution is 2.29. The summed E-state index contributed by atoms with van der Waals surface area (Å²) >= 11 is 3.53. The highest BCUT2D eigenvalue weighted by atomic mass is 79.9. The average molecular weight is 343 g/mol. The van der Waals surface area contributed by atoms with Crippen LogP contribution < -0.4 is 10.1 Å². The van der Waals surface area contributed by atoms with Crippen LogP contribution in [0.15, 0.2) is 10.8 Å². The first-order chi connectivity index (χ1) is 9.72. The van der Waals surface area contributed by atoms with E-state index < -0.39 is 0 Å². The van der Waals surface area contributed by atoms with Gasteiger partial charge in [0, 0.05) is 12.6 Å². The Morgan fingerprint density at radius 2 is 2.30 bits per heavy atom. The van der Waals surface area contributed by atoms with Gasteiger partial charge < -0.3 is 15.0 Å². The van der Waals surface area contributed by atoms with E-state index >= 15 is 0 Å². The summed E-state index contributed by atoms with van der Waals surface area (Å²) in [6, 6.07) is 0.484. The van der Waals surface area contributed by atoms with Crippen LogP contribution in [0.1, 0.15) is 32.6 Å². The van der Waals surface area contributed by atoms with Crippen molar-refractivity contribution >= 4 is 21.7 Å². The normalized spacial score (nSPS) is 19.9. The number of ether oxygens (including phenoxy) is 1. The van der Waals surface area contributed by atoms with Crippen LogP contribution in [0.3, 0.4) is 0 Å². The van der Waals surface area contributed by atoms with E-state index in [0.29, 0.717) is 18.5 Å². The Morgan fingerprint density at radius 3 is 3.05 bits per heavy atom. The number of halogens is 1. The molecule has 1 aliphatic rings. The Kier molecular flexibility index (Phi) is 6.04. The second-order valence-electron chi connectivity index (χ2n) is 5.21. The molecule has 2 heterocycles. The van der Waals surface area contributed by atoms with Crippen LogP contribution in [0.2, 0.25) is 0 Å². The van der Waals surface area contributed by atoms with Gasteiger partial charge >= 0.3 is 0 Å². The molecule has 112 valence electrons. The van der Waals surface area contributed by atoms with Crippen LogP contribution in [-0.2, 0) is 0 Å². The molecule has 0 aromatic carbocycles. The Labute approximate surface area is 129 Å². The van der Waals surface area contributed by atoms with Gasteiger partial charge in [-0.3, -0.25) is 0 Å². The number of rotatable bonds is 6. The van der Waals surface area contributed by atoms with E-state index in [1.165, 1.54) is 19.3 Å². The molecule has 0 saturated carbocycles. The highest BCUT2D eigenvalue weighted by molar-refractivity contribution is 9.10. The first-order valence-corrected chi connectivity index (χ1v) is 8.09. The number of hydrogen-bond donors (Lipinski definition) is 1. The van der Waals surface area contributed by atoms with Crippen LogP contribution in [0.5, 0.6) is 5.88 Å². The topological polar surface area (TPSA) is 50.3 Å². The molecule has 1 unspecified atom stereocenters. The van der Waals surface area contributed by atoms with Gasteiger partial charge in [-0.1, -0.05) is 13.3 Å². The molecule has 1 fully saturated rings. The zero-order valence-electron chi connectivity index (χ0n) is 12.2. The lowest BCUT2D eigenvalue weighted by Crippen LogP contribution is -2.40. The predicted octanol–water partition coefficient (Wildman–Crippen LogP) is 2.92. The van der Waals surface area contributed by atoms with Crippen molar-refractivity contribution in [2.45, 2.75) is 38.6 Å². The summed E-state index contributed by atoms with van der Waals surface area (Å²) in [5.41, 5.74) is 0. The summed E-state index contributed by atoms with van der Waals surface area (Å²) < 4.78 is 6.70. The maximum atomic E-state index is 5.89. The fraction of sp³-hybridized carbons (Fsp3) is 0.714. The molecule has 1 aromatic heterocycles. The molecule has 5 nitrogen and oxygen atoms in total. The van der Waals surface area contributed by atoms with E-state index in [2.05, 4.69) is 50.1 Å². The third-order valence-electron chi connectivity index (χ3n) is 3.63. The van der Waals surface area contributed by atoms with Gasteiger partial charge in [-0.15, -0.1) is 0 Å². The van der Waals surface area contributed by atoms with Gasteiger partial charge in [-0.25, -0.2) is 9.97 Å². The van der Waals surface area contributed by atoms with Crippen molar-refractivity contribution in [2.24, 2.45) is 0 Å². The molecule has 1 aromatic rings. The van der Waals surface area contributed by atoms with E-state index in [9.17, 15) is 0 Å². The number of nitrogens with one attached hydrogen (secondary N) is 1. The molecular weight excluding hydrogens is 320 g/mol. The maximum Gasteiger partial charge on any atom is 0.233 e. The van der Waals surface area contributed by atoms with Crippen molar-refractivity contribution in [3.8, 4) is 5.88 Å². The minimum absolute atomic E-state index is 0.484. The number of likely N-dealkylation sites (tertiary alicyclic amines) is 1. The number of piperidine rings is 1. The molecule has 0 radical (unpaired) electrons. The standard InChI is InChI=1S/C14H23BrN4O/c1-3-7-16-13-12(15)14(18-10-17-13)20-9-11-6-4-5-8-19(11)2/h10-11H,3-9H2,1-2H3,(H,16,17,18). The molecule has 0 spiro atoms. The van der Waals surface area contributed by atoms with Gasteiger partial charge in [0.15, 0.2) is 0 Å². The first kappa shape index (κ1) is 15.5. The lowest BCUT2D eigenvalue weighted by atomic mass is 10.0. The van der Waals surface area contributed by atoms with Crippen molar-refractivity contribution in [1.29, 1.82) is 0 Å². The zero-order chi connectivity index (χ0) is 14.4. The van der Waals surface area contributed by atoms with Crippen molar-refractivity contribution in [1.82, 2.24) is 14.9 Å². The molecular formula is C14H23BrN4O. The number of likely N-dealkylation sites (N-methyl/N-ethyl adjacent to an activating group) is 1. The summed E-state index contributed by atoms with van der Waals surface area (Å²) in [6.45, 7) is 4.85. The molecule has 1 aliphatic heterocycles. The molecule has 1 atom stereocenters. The van der Waals surface area contributed by atoms with Gasteiger partial charge in [0.05, 0.1) is 0 Å². The second kappa shape index (κ2) is 7.78. The third kappa shape index (κ3) is 4.06. The maximum absolute atomic E-state index is 5.89. The molecule has 1 N–H and O–H groups in total. The number of aromatic nitrogens is 2. The van der Waals surface area contributed by atoms with E-state index in [1.807, 2.05) is 0 Å². The quantitative estimate of drug-likeness (QED) is 0.861. The van der Waals surface area contributed by atoms with Gasteiger partial charge in [0.25, 0.3) is 0 Å². The van der Waals surface area contributed by atoms with Gasteiger partial charge in [-0.05, 0) is 48.8 Å². The van der Waals surface area contributed by atoms with E-state index in [4.69, 9.17) is 4.74 Å². The van der Waals surface area contributed by atoms with Crippen LogP contribution in [0.4, 0.5) is 5.82 Å². The Balaban J connectivity index is 1.95. The summed E-state index contributed by atoms with van der Waals surface area (Å²) in [6.07, 6.45) is 6.37. The Hall–Kier alpha value is -0.880. The molecule has 20 heavy (non-hydrogen) atoms. The largest absolute Gasteiger partial charge is 0.475 e. The molecule has 0 amide bonds. The van der Waals surface area contributed by atoms with E-state index in [1.54, 1.807) is 6.33 Å². The molecule has 2 rings (SSSR count). The summed E-state index contributed by atoms with van der Waals surface area (Å²) in [4.78, 5) is 10.8. The molecule has 1 saturated heterocycles. The molecule has 0 aliphatic carbocycles. The smallest absolute Gasteiger partial charge is 0.233 e. The number of nitrogens with zero attached hydrogens (tertiary/aromatic N) is 3. The fourth-order valence-electron chi connectivity index (χ4n) is 2.35. The van der Waals surface area contributed by atoms with Crippen LogP contribution in [0.25, 0.3) is 0 Å².